The number of carbonyl (C=O) groups is 2. The van der Waals surface area contributed by atoms with E-state index in [0.717, 1.165) is 17.2 Å². The van der Waals surface area contributed by atoms with Crippen molar-refractivity contribution in [1.82, 2.24) is 4.98 Å². The van der Waals surface area contributed by atoms with E-state index >= 15 is 0 Å². The topological polar surface area (TPSA) is 124 Å². The van der Waals surface area contributed by atoms with Gasteiger partial charge in [-0.15, -0.1) is 0 Å². The molecular formula is C38H41F4NO8. The van der Waals surface area contributed by atoms with Gasteiger partial charge in [-0.25, -0.2) is 14.0 Å². The first-order valence-corrected chi connectivity index (χ1v) is 15.8. The minimum absolute atomic E-state index is 0.132. The van der Waals surface area contributed by atoms with Gasteiger partial charge in [-0.3, -0.25) is 4.98 Å². The zero-order valence-corrected chi connectivity index (χ0v) is 29.6. The van der Waals surface area contributed by atoms with Crippen molar-refractivity contribution in [2.45, 2.75) is 79.4 Å². The Kier molecular flexibility index (Phi) is 12.7. The van der Waals surface area contributed by atoms with Crippen LogP contribution in [-0.4, -0.2) is 44.9 Å². The second-order valence-electron chi connectivity index (χ2n) is 12.5. The Labute approximate surface area is 293 Å². The Morgan fingerprint density at radius 1 is 0.804 bits per heavy atom. The number of phenols is 1. The quantitative estimate of drug-likeness (QED) is 0.116. The molecule has 4 rings (SSSR count). The van der Waals surface area contributed by atoms with Crippen molar-refractivity contribution in [3.8, 4) is 34.3 Å². The number of carbonyl (C=O) groups excluding carboxylic acids is 1. The lowest BCUT2D eigenvalue weighted by atomic mass is 10.1. The molecule has 3 aromatic carbocycles. The average Bonchev–Trinajstić information content (AvgIpc) is 3.02. The zero-order chi connectivity index (χ0) is 38.3. The maximum Gasteiger partial charge on any atom is 0.419 e. The molecule has 0 atom stereocenters. The number of carboxylic acids is 1. The highest BCUT2D eigenvalue weighted by atomic mass is 19.4. The van der Waals surface area contributed by atoms with Gasteiger partial charge in [0.05, 0.1) is 17.9 Å². The molecule has 0 radical (unpaired) electrons. The highest BCUT2D eigenvalue weighted by molar-refractivity contribution is 5.79. The van der Waals surface area contributed by atoms with Crippen LogP contribution >= 0.6 is 0 Å². The lowest BCUT2D eigenvalue weighted by molar-refractivity contribution is -0.158. The number of hydrogen-bond donors (Lipinski definition) is 2. The Hall–Kier alpha value is -5.33. The standard InChI is InChI=1S/C27H27F4NO4.C11H14O4/c1-6-34-25(33)26(4,5)36-24-12-9-20(13-16(24)2)35-15-19-8-11-23(32-17(19)3)18-7-10-21(22(28)14-18)27(29,30)31;1-7-6-8(12)4-5-9(7)15-11(2,3)10(13)14/h7-14H,6,15H2,1-5H3;4-6,12H,1-3H3,(H,13,14). The van der Waals surface area contributed by atoms with E-state index in [9.17, 15) is 32.3 Å². The number of nitrogens with zero attached hydrogens (tertiary/aromatic N) is 1. The minimum atomic E-state index is -4.76. The molecule has 274 valence electrons. The molecule has 2 N–H and O–H groups in total. The van der Waals surface area contributed by atoms with Crippen LogP contribution in [0.5, 0.6) is 23.0 Å². The molecule has 4 aromatic rings. The molecule has 0 saturated heterocycles. The maximum atomic E-state index is 13.9. The fourth-order valence-electron chi connectivity index (χ4n) is 4.48. The summed E-state index contributed by atoms with van der Waals surface area (Å²) in [7, 11) is 0. The van der Waals surface area contributed by atoms with Gasteiger partial charge in [0.1, 0.15) is 35.4 Å². The highest BCUT2D eigenvalue weighted by Gasteiger charge is 2.34. The molecule has 51 heavy (non-hydrogen) atoms. The molecule has 0 aliphatic carbocycles. The van der Waals surface area contributed by atoms with Gasteiger partial charge in [0.2, 0.25) is 0 Å². The minimum Gasteiger partial charge on any atom is -0.508 e. The van der Waals surface area contributed by atoms with Crippen LogP contribution in [-0.2, 0) is 27.1 Å². The van der Waals surface area contributed by atoms with Crippen molar-refractivity contribution in [1.29, 1.82) is 0 Å². The summed E-state index contributed by atoms with van der Waals surface area (Å²) < 4.78 is 74.5. The van der Waals surface area contributed by atoms with Crippen LogP contribution in [0.4, 0.5) is 17.6 Å². The van der Waals surface area contributed by atoms with Crippen LogP contribution in [0.1, 0.15) is 62.6 Å². The number of esters is 1. The summed E-state index contributed by atoms with van der Waals surface area (Å²) in [4.78, 5) is 27.3. The third kappa shape index (κ3) is 10.8. The summed E-state index contributed by atoms with van der Waals surface area (Å²) in [5, 5.41) is 18.0. The fourth-order valence-corrected chi connectivity index (χ4v) is 4.48. The lowest BCUT2D eigenvalue weighted by Gasteiger charge is -2.25. The summed E-state index contributed by atoms with van der Waals surface area (Å²) in [5.74, 6) is -1.16. The monoisotopic (exact) mass is 715 g/mol. The van der Waals surface area contributed by atoms with Gasteiger partial charge in [0.25, 0.3) is 0 Å². The van der Waals surface area contributed by atoms with Crippen LogP contribution in [0.3, 0.4) is 0 Å². The molecule has 0 fully saturated rings. The number of aliphatic carboxylic acids is 1. The fraction of sp³-hybridized carbons (Fsp3) is 0.342. The number of benzene rings is 3. The van der Waals surface area contributed by atoms with Crippen molar-refractivity contribution in [2.24, 2.45) is 0 Å². The van der Waals surface area contributed by atoms with Gasteiger partial charge in [0.15, 0.2) is 11.2 Å². The summed E-state index contributed by atoms with van der Waals surface area (Å²) >= 11 is 0. The highest BCUT2D eigenvalue weighted by Crippen LogP contribution is 2.34. The molecule has 0 spiro atoms. The Bertz CT molecular complexity index is 1870. The Balaban J connectivity index is 0.000000391. The first-order chi connectivity index (χ1) is 23.6. The van der Waals surface area contributed by atoms with E-state index in [1.807, 2.05) is 6.92 Å². The molecular weight excluding hydrogens is 674 g/mol. The number of phenolic OH excluding ortho intramolecular Hbond substituents is 1. The summed E-state index contributed by atoms with van der Waals surface area (Å²) in [6, 6.07) is 15.8. The van der Waals surface area contributed by atoms with E-state index in [1.165, 1.54) is 32.0 Å². The van der Waals surface area contributed by atoms with Crippen LogP contribution in [0, 0.1) is 26.6 Å². The van der Waals surface area contributed by atoms with Gasteiger partial charge in [0, 0.05) is 16.8 Å². The van der Waals surface area contributed by atoms with Gasteiger partial charge in [-0.2, -0.15) is 13.2 Å². The second-order valence-corrected chi connectivity index (χ2v) is 12.5. The van der Waals surface area contributed by atoms with Gasteiger partial charge in [-0.05, 0) is 121 Å². The predicted octanol–water partition coefficient (Wildman–Crippen LogP) is 8.77. The molecule has 9 nitrogen and oxygen atoms in total. The normalized spacial score (nSPS) is 11.6. The van der Waals surface area contributed by atoms with E-state index in [2.05, 4.69) is 4.98 Å². The van der Waals surface area contributed by atoms with Crippen LogP contribution in [0.2, 0.25) is 0 Å². The lowest BCUT2D eigenvalue weighted by Crippen LogP contribution is -2.39. The molecule has 0 bridgehead atoms. The first-order valence-electron chi connectivity index (χ1n) is 15.8. The second kappa shape index (κ2) is 16.1. The Morgan fingerprint density at radius 2 is 1.41 bits per heavy atom. The number of aryl methyl sites for hydroxylation is 3. The molecule has 0 unspecified atom stereocenters. The van der Waals surface area contributed by atoms with E-state index in [1.54, 1.807) is 71.0 Å². The van der Waals surface area contributed by atoms with Crippen molar-refractivity contribution in [2.75, 3.05) is 6.61 Å². The number of ether oxygens (including phenoxy) is 4. The maximum absolute atomic E-state index is 13.9. The number of hydrogen-bond acceptors (Lipinski definition) is 8. The average molecular weight is 716 g/mol. The van der Waals surface area contributed by atoms with Crippen molar-refractivity contribution in [3.05, 3.63) is 100 Å². The summed E-state index contributed by atoms with van der Waals surface area (Å²) in [5.41, 5.74) is -0.328. The molecule has 0 saturated carbocycles. The van der Waals surface area contributed by atoms with Gasteiger partial charge < -0.3 is 29.2 Å². The van der Waals surface area contributed by atoms with E-state index in [-0.39, 0.29) is 24.5 Å². The molecule has 0 aliphatic heterocycles. The van der Waals surface area contributed by atoms with E-state index in [4.69, 9.17) is 24.1 Å². The summed E-state index contributed by atoms with van der Waals surface area (Å²) in [6.07, 6.45) is -4.76. The zero-order valence-electron chi connectivity index (χ0n) is 29.6. The Morgan fingerprint density at radius 3 is 1.94 bits per heavy atom. The van der Waals surface area contributed by atoms with Crippen LogP contribution in [0.25, 0.3) is 11.3 Å². The van der Waals surface area contributed by atoms with Gasteiger partial charge >= 0.3 is 18.1 Å². The first kappa shape index (κ1) is 40.1. The van der Waals surface area contributed by atoms with Gasteiger partial charge in [-0.1, -0.05) is 12.1 Å². The smallest absolute Gasteiger partial charge is 0.419 e. The van der Waals surface area contributed by atoms with Crippen LogP contribution in [0.15, 0.2) is 66.7 Å². The third-order valence-corrected chi connectivity index (χ3v) is 7.48. The number of aromatic nitrogens is 1. The van der Waals surface area contributed by atoms with Crippen molar-refractivity contribution >= 4 is 11.9 Å². The van der Waals surface area contributed by atoms with E-state index < -0.39 is 40.7 Å². The molecule has 13 heteroatoms. The number of aromatic hydroxyl groups is 1. The SMILES string of the molecule is CCOC(=O)C(C)(C)Oc1ccc(OCc2ccc(-c3ccc(C(F)(F)F)c(F)c3)nc2C)cc1C.Cc1cc(O)ccc1OC(C)(C)C(=O)O. The number of pyridine rings is 1. The third-order valence-electron chi connectivity index (χ3n) is 7.48. The van der Waals surface area contributed by atoms with Crippen LogP contribution < -0.4 is 14.2 Å². The molecule has 0 amide bonds. The summed E-state index contributed by atoms with van der Waals surface area (Å²) in [6.45, 7) is 13.7. The number of carboxylic acid groups (broad SMARTS) is 1. The number of halogens is 4. The molecule has 1 aromatic heterocycles. The predicted molar refractivity (Wildman–Crippen MR) is 181 cm³/mol. The van der Waals surface area contributed by atoms with Crippen molar-refractivity contribution < 1.29 is 56.3 Å². The van der Waals surface area contributed by atoms with E-state index in [0.29, 0.717) is 40.3 Å². The van der Waals surface area contributed by atoms with Crippen molar-refractivity contribution in [3.63, 3.8) is 0 Å². The number of alkyl halides is 3. The number of rotatable bonds is 11. The molecule has 1 heterocycles. The largest absolute Gasteiger partial charge is 0.508 e. The molecule has 0 aliphatic rings.